The molecule has 5 nitrogen and oxygen atoms in total. The second-order valence-electron chi connectivity index (χ2n) is 4.79. The molecule has 0 aromatic heterocycles. The van der Waals surface area contributed by atoms with E-state index in [1.54, 1.807) is 21.3 Å². The highest BCUT2D eigenvalue weighted by Gasteiger charge is 2.07. The molecule has 0 saturated carbocycles. The average molecular weight is 303 g/mol. The Bertz CT molecular complexity index is 533. The normalized spacial score (nSPS) is 12.2. The highest BCUT2D eigenvalue weighted by molar-refractivity contribution is 6.16. The van der Waals surface area contributed by atoms with Gasteiger partial charge in [0.25, 0.3) is 0 Å². The average Bonchev–Trinajstić information content (AvgIpc) is 2.54. The maximum absolute atomic E-state index is 5.18. The minimum atomic E-state index is 0.588. The zero-order valence-electron chi connectivity index (χ0n) is 13.8. The Labute approximate surface area is 132 Å². The summed E-state index contributed by atoms with van der Waals surface area (Å²) < 4.78 is 10.2. The van der Waals surface area contributed by atoms with Crippen LogP contribution in [0.2, 0.25) is 0 Å². The Balaban J connectivity index is 2.89. The van der Waals surface area contributed by atoms with Gasteiger partial charge in [-0.1, -0.05) is 6.58 Å². The van der Waals surface area contributed by atoms with E-state index in [9.17, 15) is 0 Å². The van der Waals surface area contributed by atoms with Crippen molar-refractivity contribution in [3.8, 4) is 5.75 Å². The summed E-state index contributed by atoms with van der Waals surface area (Å²) in [6, 6.07) is 7.74. The number of nitrogens with zero attached hydrogens (tertiary/aromatic N) is 2. The molecule has 0 saturated heterocycles. The molecule has 0 amide bonds. The summed E-state index contributed by atoms with van der Waals surface area (Å²) in [6.45, 7) is 7.41. The first-order chi connectivity index (χ1) is 10.6. The van der Waals surface area contributed by atoms with Crippen LogP contribution in [-0.4, -0.2) is 46.1 Å². The monoisotopic (exact) mass is 303 g/mol. The van der Waals surface area contributed by atoms with Gasteiger partial charge in [0.05, 0.1) is 12.8 Å². The van der Waals surface area contributed by atoms with Crippen molar-refractivity contribution in [1.29, 1.82) is 0 Å². The molecule has 0 heterocycles. The van der Waals surface area contributed by atoms with E-state index in [1.165, 1.54) is 0 Å². The van der Waals surface area contributed by atoms with Gasteiger partial charge >= 0.3 is 0 Å². The number of allylic oxidation sites excluding steroid dienone is 1. The molecule has 1 rings (SSSR count). The fourth-order valence-corrected chi connectivity index (χ4v) is 1.85. The molecule has 0 radical (unpaired) electrons. The Kier molecular flexibility index (Phi) is 7.92. The number of benzene rings is 1. The van der Waals surface area contributed by atoms with Crippen LogP contribution in [0.1, 0.15) is 18.9 Å². The lowest BCUT2D eigenvalue weighted by Gasteiger charge is -2.10. The molecule has 22 heavy (non-hydrogen) atoms. The minimum absolute atomic E-state index is 0.588. The molecule has 0 bridgehead atoms. The van der Waals surface area contributed by atoms with Gasteiger partial charge in [0.2, 0.25) is 5.96 Å². The molecule has 1 N–H and O–H groups in total. The summed E-state index contributed by atoms with van der Waals surface area (Å²) in [5, 5.41) is 3.20. The molecular formula is C17H25N3O2. The van der Waals surface area contributed by atoms with E-state index in [0.717, 1.165) is 35.6 Å². The molecule has 0 aliphatic carbocycles. The zero-order valence-corrected chi connectivity index (χ0v) is 13.8. The van der Waals surface area contributed by atoms with Crippen LogP contribution in [0.3, 0.4) is 0 Å². The minimum Gasteiger partial charge on any atom is -0.497 e. The molecule has 0 unspecified atom stereocenters. The van der Waals surface area contributed by atoms with Gasteiger partial charge in [-0.25, -0.2) is 4.99 Å². The van der Waals surface area contributed by atoms with Crippen LogP contribution in [0.4, 0.5) is 0 Å². The van der Waals surface area contributed by atoms with Crippen molar-refractivity contribution in [2.75, 3.05) is 34.4 Å². The summed E-state index contributed by atoms with van der Waals surface area (Å²) in [4.78, 5) is 8.77. The first-order valence-corrected chi connectivity index (χ1v) is 7.21. The SMILES string of the molecule is C=C(C)/C(=N\C(=NC)NCCCOC)c1ccc(OC)cc1. The summed E-state index contributed by atoms with van der Waals surface area (Å²) in [5.74, 6) is 1.40. The van der Waals surface area contributed by atoms with Crippen LogP contribution in [0.25, 0.3) is 0 Å². The van der Waals surface area contributed by atoms with Crippen LogP contribution in [0.5, 0.6) is 5.75 Å². The molecule has 5 heteroatoms. The largest absolute Gasteiger partial charge is 0.497 e. The highest BCUT2D eigenvalue weighted by Crippen LogP contribution is 2.14. The van der Waals surface area contributed by atoms with Crippen LogP contribution < -0.4 is 10.1 Å². The van der Waals surface area contributed by atoms with Crippen LogP contribution in [0.15, 0.2) is 46.4 Å². The number of nitrogens with one attached hydrogen (secondary N) is 1. The predicted molar refractivity (Wildman–Crippen MR) is 92.2 cm³/mol. The van der Waals surface area contributed by atoms with E-state index in [1.807, 2.05) is 31.2 Å². The smallest absolute Gasteiger partial charge is 0.218 e. The topological polar surface area (TPSA) is 55.2 Å². The Morgan fingerprint density at radius 2 is 1.91 bits per heavy atom. The number of hydrogen-bond donors (Lipinski definition) is 1. The van der Waals surface area contributed by atoms with Gasteiger partial charge in [0.15, 0.2) is 0 Å². The lowest BCUT2D eigenvalue weighted by atomic mass is 10.0. The maximum atomic E-state index is 5.18. The van der Waals surface area contributed by atoms with E-state index in [-0.39, 0.29) is 0 Å². The van der Waals surface area contributed by atoms with Crippen molar-refractivity contribution in [2.45, 2.75) is 13.3 Å². The standard InChI is InChI=1S/C17H25N3O2/c1-13(2)16(14-7-9-15(22-5)10-8-14)20-17(18-3)19-11-6-12-21-4/h7-10H,1,6,11-12H2,2-5H3,(H,18,19)/b20-16+. The number of methoxy groups -OCH3 is 2. The molecule has 0 spiro atoms. The molecule has 0 atom stereocenters. The van der Waals surface area contributed by atoms with Crippen molar-refractivity contribution < 1.29 is 9.47 Å². The predicted octanol–water partition coefficient (Wildman–Crippen LogP) is 2.67. The van der Waals surface area contributed by atoms with E-state index < -0.39 is 0 Å². The second-order valence-corrected chi connectivity index (χ2v) is 4.79. The molecule has 0 aliphatic rings. The molecular weight excluding hydrogens is 278 g/mol. The third-order valence-electron chi connectivity index (χ3n) is 3.01. The first kappa shape index (κ1) is 17.9. The summed E-state index contributed by atoms with van der Waals surface area (Å²) in [6.07, 6.45) is 0.899. The van der Waals surface area contributed by atoms with Crippen LogP contribution >= 0.6 is 0 Å². The third kappa shape index (κ3) is 5.69. The van der Waals surface area contributed by atoms with Gasteiger partial charge in [-0.3, -0.25) is 4.99 Å². The zero-order chi connectivity index (χ0) is 16.4. The molecule has 1 aromatic carbocycles. The highest BCUT2D eigenvalue weighted by atomic mass is 16.5. The van der Waals surface area contributed by atoms with Crippen molar-refractivity contribution in [2.24, 2.45) is 9.98 Å². The van der Waals surface area contributed by atoms with E-state index in [0.29, 0.717) is 12.6 Å². The molecule has 0 aliphatic heterocycles. The van der Waals surface area contributed by atoms with Gasteiger partial charge in [-0.15, -0.1) is 0 Å². The van der Waals surface area contributed by atoms with Crippen LogP contribution in [0, 0.1) is 0 Å². The van der Waals surface area contributed by atoms with Crippen molar-refractivity contribution in [1.82, 2.24) is 5.32 Å². The van der Waals surface area contributed by atoms with Gasteiger partial charge < -0.3 is 14.8 Å². The molecule has 120 valence electrons. The lowest BCUT2D eigenvalue weighted by Crippen LogP contribution is -2.25. The Hall–Kier alpha value is -2.14. The number of aliphatic imine (C=N–C) groups is 2. The van der Waals surface area contributed by atoms with E-state index in [2.05, 4.69) is 21.9 Å². The lowest BCUT2D eigenvalue weighted by molar-refractivity contribution is 0.195. The number of guanidine groups is 1. The molecule has 0 fully saturated rings. The fraction of sp³-hybridized carbons (Fsp3) is 0.412. The fourth-order valence-electron chi connectivity index (χ4n) is 1.85. The number of hydrogen-bond acceptors (Lipinski definition) is 3. The first-order valence-electron chi connectivity index (χ1n) is 7.21. The Morgan fingerprint density at radius 3 is 2.41 bits per heavy atom. The van der Waals surface area contributed by atoms with Gasteiger partial charge in [0.1, 0.15) is 5.75 Å². The summed E-state index contributed by atoms with van der Waals surface area (Å²) in [7, 11) is 5.05. The maximum Gasteiger partial charge on any atom is 0.218 e. The van der Waals surface area contributed by atoms with Gasteiger partial charge in [-0.2, -0.15) is 0 Å². The van der Waals surface area contributed by atoms with E-state index >= 15 is 0 Å². The number of ether oxygens (including phenoxy) is 2. The van der Waals surface area contributed by atoms with Crippen molar-refractivity contribution in [3.05, 3.63) is 42.0 Å². The quantitative estimate of drug-likeness (QED) is 0.479. The van der Waals surface area contributed by atoms with Crippen molar-refractivity contribution in [3.63, 3.8) is 0 Å². The van der Waals surface area contributed by atoms with Crippen molar-refractivity contribution >= 4 is 11.7 Å². The van der Waals surface area contributed by atoms with Gasteiger partial charge in [-0.05, 0) is 43.2 Å². The summed E-state index contributed by atoms with van der Waals surface area (Å²) >= 11 is 0. The van der Waals surface area contributed by atoms with Gasteiger partial charge in [0, 0.05) is 32.9 Å². The van der Waals surface area contributed by atoms with E-state index in [4.69, 9.17) is 9.47 Å². The summed E-state index contributed by atoms with van der Waals surface area (Å²) in [5.41, 5.74) is 2.67. The second kappa shape index (κ2) is 9.73. The third-order valence-corrected chi connectivity index (χ3v) is 3.01. The van der Waals surface area contributed by atoms with Crippen LogP contribution in [-0.2, 0) is 4.74 Å². The Morgan fingerprint density at radius 1 is 1.23 bits per heavy atom. The number of rotatable bonds is 7. The molecule has 1 aromatic rings.